The number of anilines is 1. The Morgan fingerprint density at radius 3 is 2.00 bits per heavy atom. The third-order valence-electron chi connectivity index (χ3n) is 3.83. The molecule has 1 aromatic rings. The first-order valence-electron chi connectivity index (χ1n) is 8.63. The van der Waals surface area contributed by atoms with Crippen molar-refractivity contribution in [3.05, 3.63) is 29.8 Å². The maximum atomic E-state index is 12.0. The first-order valence-corrected chi connectivity index (χ1v) is 8.63. The summed E-state index contributed by atoms with van der Waals surface area (Å²) < 4.78 is 5.39. The van der Waals surface area contributed by atoms with Crippen LogP contribution in [0.4, 0.5) is 5.69 Å². The van der Waals surface area contributed by atoms with Crippen LogP contribution in [0.25, 0.3) is 0 Å². The number of esters is 1. The van der Waals surface area contributed by atoms with Crippen LogP contribution in [-0.4, -0.2) is 37.1 Å². The molecular weight excluding hydrogens is 288 g/mol. The van der Waals surface area contributed by atoms with Crippen LogP contribution in [-0.2, 0) is 4.74 Å². The van der Waals surface area contributed by atoms with Gasteiger partial charge in [0.15, 0.2) is 0 Å². The summed E-state index contributed by atoms with van der Waals surface area (Å²) in [7, 11) is 0. The summed E-state index contributed by atoms with van der Waals surface area (Å²) in [6.45, 7) is 12.3. The number of nitrogen functional groups attached to an aromatic ring is 1. The normalized spacial score (nSPS) is 11.4. The van der Waals surface area contributed by atoms with E-state index in [0.717, 1.165) is 19.6 Å². The van der Waals surface area contributed by atoms with Crippen LogP contribution in [0.5, 0.6) is 0 Å². The van der Waals surface area contributed by atoms with Gasteiger partial charge < -0.3 is 10.5 Å². The minimum atomic E-state index is -0.280. The number of rotatable bonds is 10. The van der Waals surface area contributed by atoms with Crippen molar-refractivity contribution in [1.82, 2.24) is 4.90 Å². The first kappa shape index (κ1) is 19.5. The number of hydrogen-bond donors (Lipinski definition) is 1. The van der Waals surface area contributed by atoms with Crippen molar-refractivity contribution in [3.8, 4) is 0 Å². The molecule has 0 bridgehead atoms. The average Bonchev–Trinajstić information content (AvgIpc) is 2.49. The van der Waals surface area contributed by atoms with Crippen LogP contribution in [0.2, 0.25) is 0 Å². The molecule has 0 unspecified atom stereocenters. The Morgan fingerprint density at radius 2 is 1.52 bits per heavy atom. The van der Waals surface area contributed by atoms with Crippen molar-refractivity contribution < 1.29 is 9.53 Å². The van der Waals surface area contributed by atoms with E-state index in [2.05, 4.69) is 32.6 Å². The van der Waals surface area contributed by atoms with Crippen molar-refractivity contribution in [2.24, 2.45) is 11.8 Å². The van der Waals surface area contributed by atoms with Crippen LogP contribution in [0.15, 0.2) is 24.3 Å². The lowest BCUT2D eigenvalue weighted by molar-refractivity contribution is 0.0457. The number of ether oxygens (including phenoxy) is 1. The highest BCUT2D eigenvalue weighted by molar-refractivity contribution is 5.89. The monoisotopic (exact) mass is 320 g/mol. The van der Waals surface area contributed by atoms with E-state index in [1.165, 1.54) is 12.8 Å². The Kier molecular flexibility index (Phi) is 8.70. The van der Waals surface area contributed by atoms with E-state index in [1.54, 1.807) is 24.3 Å². The molecule has 4 nitrogen and oxygen atoms in total. The second kappa shape index (κ2) is 10.3. The molecule has 0 spiro atoms. The zero-order valence-corrected chi connectivity index (χ0v) is 15.0. The highest BCUT2D eigenvalue weighted by Crippen LogP contribution is 2.08. The molecule has 0 aliphatic rings. The summed E-state index contributed by atoms with van der Waals surface area (Å²) in [5.41, 5.74) is 6.82. The van der Waals surface area contributed by atoms with E-state index in [1.807, 2.05) is 0 Å². The topological polar surface area (TPSA) is 55.6 Å². The lowest BCUT2D eigenvalue weighted by Crippen LogP contribution is -2.31. The van der Waals surface area contributed by atoms with Crippen molar-refractivity contribution in [3.63, 3.8) is 0 Å². The molecule has 0 aliphatic heterocycles. The number of carbonyl (C=O) groups excluding carboxylic acids is 1. The zero-order valence-electron chi connectivity index (χ0n) is 15.0. The van der Waals surface area contributed by atoms with E-state index in [0.29, 0.717) is 29.7 Å². The Hall–Kier alpha value is -1.55. The Labute approximate surface area is 141 Å². The molecule has 0 atom stereocenters. The van der Waals surface area contributed by atoms with E-state index in [9.17, 15) is 4.79 Å². The third-order valence-corrected chi connectivity index (χ3v) is 3.83. The van der Waals surface area contributed by atoms with Crippen molar-refractivity contribution in [2.45, 2.75) is 40.5 Å². The van der Waals surface area contributed by atoms with E-state index >= 15 is 0 Å². The molecule has 0 fully saturated rings. The van der Waals surface area contributed by atoms with Crippen molar-refractivity contribution in [1.29, 1.82) is 0 Å². The number of benzene rings is 1. The van der Waals surface area contributed by atoms with Gasteiger partial charge in [0.25, 0.3) is 0 Å². The average molecular weight is 320 g/mol. The molecule has 4 heteroatoms. The molecule has 0 saturated heterocycles. The van der Waals surface area contributed by atoms with E-state index < -0.39 is 0 Å². The lowest BCUT2D eigenvalue weighted by atomic mass is 10.1. The fourth-order valence-corrected chi connectivity index (χ4v) is 2.19. The molecule has 1 aromatic carbocycles. The second-order valence-electron chi connectivity index (χ2n) is 6.96. The zero-order chi connectivity index (χ0) is 17.2. The van der Waals surface area contributed by atoms with Gasteiger partial charge in [-0.3, -0.25) is 4.90 Å². The van der Waals surface area contributed by atoms with Gasteiger partial charge >= 0.3 is 5.97 Å². The number of carbonyl (C=O) groups is 1. The lowest BCUT2D eigenvalue weighted by Gasteiger charge is -2.24. The fourth-order valence-electron chi connectivity index (χ4n) is 2.19. The van der Waals surface area contributed by atoms with Crippen molar-refractivity contribution >= 4 is 11.7 Å². The van der Waals surface area contributed by atoms with Gasteiger partial charge in [0.1, 0.15) is 6.61 Å². The van der Waals surface area contributed by atoms with Gasteiger partial charge in [-0.2, -0.15) is 0 Å². The predicted octanol–water partition coefficient (Wildman–Crippen LogP) is 3.82. The van der Waals surface area contributed by atoms with E-state index in [-0.39, 0.29) is 5.97 Å². The molecule has 0 aliphatic carbocycles. The summed E-state index contributed by atoms with van der Waals surface area (Å²) in [5, 5.41) is 0. The summed E-state index contributed by atoms with van der Waals surface area (Å²) in [6.07, 6.45) is 2.34. The minimum Gasteiger partial charge on any atom is -0.461 e. The standard InChI is InChI=1S/C19H32N2O2/c1-15(2)9-11-21(12-10-16(3)4)13-14-23-19(22)17-5-7-18(20)8-6-17/h5-8,15-16H,9-14,20H2,1-4H3. The molecule has 130 valence electrons. The summed E-state index contributed by atoms with van der Waals surface area (Å²) in [5.74, 6) is 1.10. The summed E-state index contributed by atoms with van der Waals surface area (Å²) in [6, 6.07) is 6.84. The smallest absolute Gasteiger partial charge is 0.338 e. The summed E-state index contributed by atoms with van der Waals surface area (Å²) >= 11 is 0. The van der Waals surface area contributed by atoms with Crippen LogP contribution < -0.4 is 5.73 Å². The molecule has 0 amide bonds. The molecule has 0 saturated carbocycles. The van der Waals surface area contributed by atoms with Crippen molar-refractivity contribution in [2.75, 3.05) is 32.0 Å². The summed E-state index contributed by atoms with van der Waals surface area (Å²) in [4.78, 5) is 14.4. The number of nitrogens with two attached hydrogens (primary N) is 1. The van der Waals surface area contributed by atoms with Gasteiger partial charge in [0, 0.05) is 12.2 Å². The largest absolute Gasteiger partial charge is 0.461 e. The van der Waals surface area contributed by atoms with Gasteiger partial charge in [-0.05, 0) is 62.0 Å². The SMILES string of the molecule is CC(C)CCN(CCOC(=O)c1ccc(N)cc1)CCC(C)C. The Bertz CT molecular complexity index is 443. The molecular formula is C19H32N2O2. The number of nitrogens with zero attached hydrogens (tertiary/aromatic N) is 1. The molecule has 23 heavy (non-hydrogen) atoms. The second-order valence-corrected chi connectivity index (χ2v) is 6.96. The maximum absolute atomic E-state index is 12.0. The van der Waals surface area contributed by atoms with Crippen LogP contribution in [0.1, 0.15) is 50.9 Å². The highest BCUT2D eigenvalue weighted by atomic mass is 16.5. The molecule has 2 N–H and O–H groups in total. The van der Waals surface area contributed by atoms with Crippen LogP contribution >= 0.6 is 0 Å². The van der Waals surface area contributed by atoms with Gasteiger partial charge in [-0.1, -0.05) is 27.7 Å². The molecule has 0 aromatic heterocycles. The van der Waals surface area contributed by atoms with Gasteiger partial charge in [-0.25, -0.2) is 4.79 Å². The van der Waals surface area contributed by atoms with Crippen LogP contribution in [0, 0.1) is 11.8 Å². The molecule has 0 radical (unpaired) electrons. The van der Waals surface area contributed by atoms with Gasteiger partial charge in [0.2, 0.25) is 0 Å². The quantitative estimate of drug-likeness (QED) is 0.526. The third kappa shape index (κ3) is 8.60. The maximum Gasteiger partial charge on any atom is 0.338 e. The number of hydrogen-bond acceptors (Lipinski definition) is 4. The molecule has 1 rings (SSSR count). The minimum absolute atomic E-state index is 0.280. The fraction of sp³-hybridized carbons (Fsp3) is 0.632. The van der Waals surface area contributed by atoms with Gasteiger partial charge in [0.05, 0.1) is 5.56 Å². The Balaban J connectivity index is 2.40. The Morgan fingerprint density at radius 1 is 1.00 bits per heavy atom. The predicted molar refractivity (Wildman–Crippen MR) is 96.5 cm³/mol. The van der Waals surface area contributed by atoms with E-state index in [4.69, 9.17) is 10.5 Å². The van der Waals surface area contributed by atoms with Crippen LogP contribution in [0.3, 0.4) is 0 Å². The molecule has 0 heterocycles. The highest BCUT2D eigenvalue weighted by Gasteiger charge is 2.10. The van der Waals surface area contributed by atoms with Gasteiger partial charge in [-0.15, -0.1) is 0 Å². The first-order chi connectivity index (χ1) is 10.9.